The molecule has 0 unspecified atom stereocenters. The van der Waals surface area contributed by atoms with Crippen molar-refractivity contribution in [3.63, 3.8) is 0 Å². The molecule has 0 saturated carbocycles. The predicted octanol–water partition coefficient (Wildman–Crippen LogP) is 3.89. The summed E-state index contributed by atoms with van der Waals surface area (Å²) in [6.07, 6.45) is 0. The highest BCUT2D eigenvalue weighted by molar-refractivity contribution is 7.98. The van der Waals surface area contributed by atoms with Crippen LogP contribution in [-0.2, 0) is 5.75 Å². The molecule has 1 N–H and O–H groups in total. The second-order valence-corrected chi connectivity index (χ2v) is 5.48. The van der Waals surface area contributed by atoms with Gasteiger partial charge in [-0.15, -0.1) is 11.8 Å². The molecule has 2 aromatic rings. The molecule has 0 aliphatic heterocycles. The Balaban J connectivity index is 2.26. The number of non-ortho nitro benzene ring substituents is 1. The van der Waals surface area contributed by atoms with Crippen molar-refractivity contribution in [2.75, 3.05) is 0 Å². The van der Waals surface area contributed by atoms with Crippen LogP contribution in [-0.4, -0.2) is 16.0 Å². The van der Waals surface area contributed by atoms with Crippen LogP contribution in [0.4, 0.5) is 5.69 Å². The number of nitro groups is 1. The molecule has 0 aliphatic carbocycles. The van der Waals surface area contributed by atoms with Crippen molar-refractivity contribution < 1.29 is 14.8 Å². The van der Waals surface area contributed by atoms with E-state index in [-0.39, 0.29) is 11.3 Å². The van der Waals surface area contributed by atoms with E-state index in [0.29, 0.717) is 10.6 Å². The molecule has 0 aliphatic rings. The molecule has 0 aromatic heterocycles. The van der Waals surface area contributed by atoms with E-state index in [1.54, 1.807) is 0 Å². The topological polar surface area (TPSA) is 80.4 Å². The Hall–Kier alpha value is -2.34. The van der Waals surface area contributed by atoms with Gasteiger partial charge in [0.1, 0.15) is 0 Å². The molecule has 0 heterocycles. The van der Waals surface area contributed by atoms with Crippen LogP contribution in [0.15, 0.2) is 47.4 Å². The molecule has 0 atom stereocenters. The van der Waals surface area contributed by atoms with E-state index in [1.165, 1.54) is 23.9 Å². The molecule has 21 heavy (non-hydrogen) atoms. The van der Waals surface area contributed by atoms with Crippen LogP contribution in [0, 0.1) is 17.0 Å². The van der Waals surface area contributed by atoms with Gasteiger partial charge in [0, 0.05) is 22.8 Å². The molecule has 5 nitrogen and oxygen atoms in total. The first kappa shape index (κ1) is 15.1. The van der Waals surface area contributed by atoms with Gasteiger partial charge in [-0.25, -0.2) is 4.79 Å². The summed E-state index contributed by atoms with van der Waals surface area (Å²) in [7, 11) is 0. The minimum absolute atomic E-state index is 0.0391. The van der Waals surface area contributed by atoms with E-state index < -0.39 is 10.9 Å². The third kappa shape index (κ3) is 3.61. The number of carboxylic acids is 1. The third-order valence-electron chi connectivity index (χ3n) is 3.05. The molecule has 0 radical (unpaired) electrons. The van der Waals surface area contributed by atoms with Gasteiger partial charge >= 0.3 is 5.97 Å². The largest absolute Gasteiger partial charge is 0.478 e. The van der Waals surface area contributed by atoms with E-state index >= 15 is 0 Å². The lowest BCUT2D eigenvalue weighted by Gasteiger charge is -2.08. The summed E-state index contributed by atoms with van der Waals surface area (Å²) in [6.45, 7) is 1.99. The molecule has 6 heteroatoms. The van der Waals surface area contributed by atoms with Gasteiger partial charge in [-0.2, -0.15) is 0 Å². The minimum atomic E-state index is -1.16. The number of benzene rings is 2. The predicted molar refractivity (Wildman–Crippen MR) is 80.8 cm³/mol. The van der Waals surface area contributed by atoms with Crippen molar-refractivity contribution in [1.82, 2.24) is 0 Å². The molecular weight excluding hydrogens is 290 g/mol. The number of thioether (sulfide) groups is 1. The van der Waals surface area contributed by atoms with Gasteiger partial charge in [0.25, 0.3) is 5.69 Å². The van der Waals surface area contributed by atoms with Gasteiger partial charge in [-0.05, 0) is 24.1 Å². The highest BCUT2D eigenvalue weighted by atomic mass is 32.2. The third-order valence-corrected chi connectivity index (χ3v) is 4.17. The van der Waals surface area contributed by atoms with E-state index in [4.69, 9.17) is 0 Å². The maximum absolute atomic E-state index is 11.2. The quantitative estimate of drug-likeness (QED) is 0.515. The number of carbonyl (C=O) groups is 1. The number of aromatic carboxylic acids is 1. The summed E-state index contributed by atoms with van der Waals surface area (Å²) in [5, 5.41) is 19.9. The maximum Gasteiger partial charge on any atom is 0.337 e. The lowest BCUT2D eigenvalue weighted by Crippen LogP contribution is -2.01. The first-order valence-corrected chi connectivity index (χ1v) is 7.16. The van der Waals surface area contributed by atoms with Crippen LogP contribution in [0.2, 0.25) is 0 Å². The van der Waals surface area contributed by atoms with Crippen molar-refractivity contribution in [3.8, 4) is 0 Å². The van der Waals surface area contributed by atoms with Crippen LogP contribution in [0.3, 0.4) is 0 Å². The van der Waals surface area contributed by atoms with Gasteiger partial charge in [-0.3, -0.25) is 10.1 Å². The zero-order chi connectivity index (χ0) is 15.4. The molecular formula is C15H13NO4S. The molecule has 0 fully saturated rings. The Morgan fingerprint density at radius 1 is 1.29 bits per heavy atom. The zero-order valence-corrected chi connectivity index (χ0v) is 12.1. The molecule has 2 rings (SSSR count). The second kappa shape index (κ2) is 6.41. The first-order valence-electron chi connectivity index (χ1n) is 6.18. The number of aryl methyl sites for hydroxylation is 1. The van der Waals surface area contributed by atoms with Crippen molar-refractivity contribution >= 4 is 23.4 Å². The number of nitro benzene ring substituents is 1. The number of hydrogen-bond acceptors (Lipinski definition) is 4. The summed E-state index contributed by atoms with van der Waals surface area (Å²) in [5.41, 5.74) is 1.98. The Kier molecular flexibility index (Phi) is 4.59. The fourth-order valence-corrected chi connectivity index (χ4v) is 2.95. The van der Waals surface area contributed by atoms with Crippen molar-refractivity contribution in [2.45, 2.75) is 17.6 Å². The van der Waals surface area contributed by atoms with Crippen LogP contribution in [0.5, 0.6) is 0 Å². The fourth-order valence-electron chi connectivity index (χ4n) is 1.85. The molecule has 0 saturated heterocycles. The average molecular weight is 303 g/mol. The van der Waals surface area contributed by atoms with Gasteiger partial charge in [0.2, 0.25) is 0 Å². The monoisotopic (exact) mass is 303 g/mol. The normalized spacial score (nSPS) is 10.3. The van der Waals surface area contributed by atoms with Crippen LogP contribution in [0.1, 0.15) is 21.5 Å². The summed E-state index contributed by atoms with van der Waals surface area (Å²) in [5.74, 6) is -0.545. The van der Waals surface area contributed by atoms with Crippen molar-refractivity contribution in [3.05, 3.63) is 69.3 Å². The first-order chi connectivity index (χ1) is 9.99. The highest BCUT2D eigenvalue weighted by Gasteiger charge is 2.16. The van der Waals surface area contributed by atoms with Crippen LogP contribution in [0.25, 0.3) is 0 Å². The average Bonchev–Trinajstić information content (AvgIpc) is 2.46. The van der Waals surface area contributed by atoms with Gasteiger partial charge in [0.05, 0.1) is 10.5 Å². The number of rotatable bonds is 5. The lowest BCUT2D eigenvalue weighted by molar-refractivity contribution is -0.384. The number of nitrogens with zero attached hydrogens (tertiary/aromatic N) is 1. The molecule has 0 spiro atoms. The SMILES string of the molecule is Cc1ccccc1CSc1ccc([N+](=O)[O-])cc1C(=O)O. The molecule has 108 valence electrons. The van der Waals surface area contributed by atoms with Crippen molar-refractivity contribution in [1.29, 1.82) is 0 Å². The van der Waals surface area contributed by atoms with E-state index in [0.717, 1.165) is 17.2 Å². The highest BCUT2D eigenvalue weighted by Crippen LogP contribution is 2.30. The molecule has 0 bridgehead atoms. The van der Waals surface area contributed by atoms with Gasteiger partial charge in [0.15, 0.2) is 0 Å². The molecule has 0 amide bonds. The standard InChI is InChI=1S/C15H13NO4S/c1-10-4-2-3-5-11(10)9-21-14-7-6-12(16(19)20)8-13(14)15(17)18/h2-8H,9H2,1H3,(H,17,18). The Morgan fingerprint density at radius 3 is 2.62 bits per heavy atom. The Bertz CT molecular complexity index is 700. The Labute approximate surface area is 125 Å². The van der Waals surface area contributed by atoms with Crippen molar-refractivity contribution in [2.24, 2.45) is 0 Å². The summed E-state index contributed by atoms with van der Waals surface area (Å²) in [4.78, 5) is 21.9. The summed E-state index contributed by atoms with van der Waals surface area (Å²) in [6, 6.07) is 11.8. The van der Waals surface area contributed by atoms with E-state index in [2.05, 4.69) is 0 Å². The maximum atomic E-state index is 11.2. The number of carboxylic acid groups (broad SMARTS) is 1. The van der Waals surface area contributed by atoms with E-state index in [1.807, 2.05) is 31.2 Å². The summed E-state index contributed by atoms with van der Waals surface area (Å²) < 4.78 is 0. The number of hydrogen-bond donors (Lipinski definition) is 1. The van der Waals surface area contributed by atoms with Crippen LogP contribution < -0.4 is 0 Å². The van der Waals surface area contributed by atoms with Crippen LogP contribution >= 0.6 is 11.8 Å². The van der Waals surface area contributed by atoms with E-state index in [9.17, 15) is 20.0 Å². The smallest absolute Gasteiger partial charge is 0.337 e. The van der Waals surface area contributed by atoms with Gasteiger partial charge in [-0.1, -0.05) is 24.3 Å². The lowest BCUT2D eigenvalue weighted by atomic mass is 10.1. The zero-order valence-electron chi connectivity index (χ0n) is 11.3. The molecule has 2 aromatic carbocycles. The fraction of sp³-hybridized carbons (Fsp3) is 0.133. The second-order valence-electron chi connectivity index (χ2n) is 4.46. The summed E-state index contributed by atoms with van der Waals surface area (Å²) >= 11 is 1.36. The minimum Gasteiger partial charge on any atom is -0.478 e. The van der Waals surface area contributed by atoms with Gasteiger partial charge < -0.3 is 5.11 Å². The Morgan fingerprint density at radius 2 is 2.00 bits per heavy atom.